The van der Waals surface area contributed by atoms with Crippen LogP contribution in [0.2, 0.25) is 5.02 Å². The van der Waals surface area contributed by atoms with Gasteiger partial charge in [-0.2, -0.15) is 5.26 Å². The van der Waals surface area contributed by atoms with E-state index in [9.17, 15) is 19.6 Å². The van der Waals surface area contributed by atoms with Crippen molar-refractivity contribution in [3.05, 3.63) is 76.0 Å². The fraction of sp³-hybridized carbons (Fsp3) is 0.367. The lowest BCUT2D eigenvalue weighted by Crippen LogP contribution is -2.52. The number of nitriles is 1. The van der Waals surface area contributed by atoms with Gasteiger partial charge in [-0.3, -0.25) is 14.4 Å². The van der Waals surface area contributed by atoms with E-state index in [1.54, 1.807) is 31.2 Å². The first-order valence-electron chi connectivity index (χ1n) is 13.2. The number of benzene rings is 2. The molecule has 0 radical (unpaired) electrons. The molecule has 3 amide bonds. The van der Waals surface area contributed by atoms with Crippen molar-refractivity contribution in [2.75, 3.05) is 0 Å². The maximum absolute atomic E-state index is 14.0. The van der Waals surface area contributed by atoms with Gasteiger partial charge in [-0.05, 0) is 86.9 Å². The fourth-order valence-corrected chi connectivity index (χ4v) is 6.59. The highest BCUT2D eigenvalue weighted by molar-refractivity contribution is 6.30. The molecule has 10 heteroatoms. The minimum Gasteiger partial charge on any atom is -0.451 e. The smallest absolute Gasteiger partial charge is 0.284 e. The van der Waals surface area contributed by atoms with Gasteiger partial charge in [0.1, 0.15) is 11.8 Å². The highest BCUT2D eigenvalue weighted by Crippen LogP contribution is 2.58. The zero-order chi connectivity index (χ0) is 28.8. The minimum atomic E-state index is -0.815. The number of nitrogens with one attached hydrogen (secondary N) is 2. The number of carbonyl (C=O) groups is 3. The number of hydrogen-bond donors (Lipinski definition) is 3. The van der Waals surface area contributed by atoms with E-state index in [0.717, 1.165) is 18.4 Å². The summed E-state index contributed by atoms with van der Waals surface area (Å²) in [6.07, 6.45) is 3.80. The van der Waals surface area contributed by atoms with Crippen LogP contribution in [0.4, 0.5) is 0 Å². The fourth-order valence-electron chi connectivity index (χ4n) is 6.39. The second-order valence-corrected chi connectivity index (χ2v) is 11.4. The molecule has 0 aromatic heterocycles. The zero-order valence-electron chi connectivity index (χ0n) is 22.2. The first kappa shape index (κ1) is 27.4. The lowest BCUT2D eigenvalue weighted by atomic mass is 9.58. The summed E-state index contributed by atoms with van der Waals surface area (Å²) in [7, 11) is 0. The molecule has 6 rings (SSSR count). The van der Waals surface area contributed by atoms with Gasteiger partial charge in [0.05, 0.1) is 23.6 Å². The molecule has 3 heterocycles. The Labute approximate surface area is 237 Å². The number of hydrogen-bond acceptors (Lipinski definition) is 6. The Morgan fingerprint density at radius 3 is 2.62 bits per heavy atom. The Kier molecular flexibility index (Phi) is 7.15. The SMILES string of the molecule is CC(=N)/C=C(/Oc1ccc(C(=O)NC2C(=O)N3C(c4cccc(Cl)c4)CCC3C3(C#N)CC2C3)cc1C)C(N)=O. The predicted molar refractivity (Wildman–Crippen MR) is 149 cm³/mol. The van der Waals surface area contributed by atoms with Crippen LogP contribution in [0.1, 0.15) is 60.1 Å². The summed E-state index contributed by atoms with van der Waals surface area (Å²) in [6, 6.07) is 13.5. The molecular weight excluding hydrogens is 530 g/mol. The van der Waals surface area contributed by atoms with Crippen molar-refractivity contribution in [2.45, 2.75) is 57.7 Å². The van der Waals surface area contributed by atoms with Gasteiger partial charge < -0.3 is 26.1 Å². The molecule has 2 aromatic carbocycles. The van der Waals surface area contributed by atoms with E-state index >= 15 is 0 Å². The molecule has 3 aliphatic heterocycles. The quantitative estimate of drug-likeness (QED) is 0.264. The largest absolute Gasteiger partial charge is 0.451 e. The van der Waals surface area contributed by atoms with Crippen LogP contribution in [0.3, 0.4) is 0 Å². The molecule has 4 aliphatic rings. The number of nitrogens with two attached hydrogens (primary N) is 1. The molecule has 1 saturated carbocycles. The van der Waals surface area contributed by atoms with Crippen LogP contribution in [-0.2, 0) is 9.59 Å². The van der Waals surface area contributed by atoms with Crippen molar-refractivity contribution in [3.63, 3.8) is 0 Å². The molecule has 3 saturated heterocycles. The Balaban J connectivity index is 1.39. The van der Waals surface area contributed by atoms with Crippen LogP contribution in [0, 0.1) is 35.0 Å². The van der Waals surface area contributed by atoms with E-state index in [2.05, 4.69) is 11.4 Å². The average molecular weight is 560 g/mol. The number of nitrogens with zero attached hydrogens (tertiary/aromatic N) is 2. The number of rotatable bonds is 7. The summed E-state index contributed by atoms with van der Waals surface area (Å²) >= 11 is 6.26. The van der Waals surface area contributed by atoms with Crippen LogP contribution < -0.4 is 15.8 Å². The topological polar surface area (TPSA) is 149 Å². The molecule has 9 nitrogen and oxygen atoms in total. The molecular formula is C30H30ClN5O4. The van der Waals surface area contributed by atoms with Gasteiger partial charge in [-0.25, -0.2) is 0 Å². The van der Waals surface area contributed by atoms with Crippen LogP contribution in [-0.4, -0.2) is 40.4 Å². The maximum atomic E-state index is 14.0. The van der Waals surface area contributed by atoms with Gasteiger partial charge in [0.25, 0.3) is 11.8 Å². The van der Waals surface area contributed by atoms with Gasteiger partial charge in [0, 0.05) is 22.4 Å². The first-order valence-corrected chi connectivity index (χ1v) is 13.6. The first-order chi connectivity index (χ1) is 19.0. The van der Waals surface area contributed by atoms with Gasteiger partial charge >= 0.3 is 0 Å². The Hall–Kier alpha value is -4.16. The Morgan fingerprint density at radius 2 is 2.00 bits per heavy atom. The summed E-state index contributed by atoms with van der Waals surface area (Å²) < 4.78 is 5.61. The number of allylic oxidation sites excluding steroid dienone is 1. The van der Waals surface area contributed by atoms with E-state index in [1.165, 1.54) is 13.0 Å². The molecule has 206 valence electrons. The number of fused-ring (bicyclic) bond motifs is 1. The number of primary amides is 1. The van der Waals surface area contributed by atoms with E-state index < -0.39 is 23.3 Å². The number of aryl methyl sites for hydroxylation is 1. The van der Waals surface area contributed by atoms with E-state index in [1.807, 2.05) is 23.1 Å². The molecule has 2 bridgehead atoms. The second kappa shape index (κ2) is 10.4. The third-order valence-electron chi connectivity index (χ3n) is 8.26. The summed E-state index contributed by atoms with van der Waals surface area (Å²) in [5.74, 6) is -1.40. The summed E-state index contributed by atoms with van der Waals surface area (Å²) in [6.45, 7) is 3.21. The van der Waals surface area contributed by atoms with E-state index in [-0.39, 0.29) is 35.4 Å². The van der Waals surface area contributed by atoms with Crippen molar-refractivity contribution in [1.29, 1.82) is 10.7 Å². The third kappa shape index (κ3) is 4.84. The highest BCUT2D eigenvalue weighted by atomic mass is 35.5. The van der Waals surface area contributed by atoms with Crippen molar-refractivity contribution in [1.82, 2.24) is 10.2 Å². The number of ether oxygens (including phenoxy) is 1. The van der Waals surface area contributed by atoms with Gasteiger partial charge in [-0.15, -0.1) is 0 Å². The molecule has 0 spiro atoms. The average Bonchev–Trinajstić information content (AvgIpc) is 3.26. The maximum Gasteiger partial charge on any atom is 0.284 e. The number of carbonyl (C=O) groups excluding carboxylic acids is 3. The van der Waals surface area contributed by atoms with Crippen LogP contribution >= 0.6 is 11.6 Å². The Morgan fingerprint density at radius 1 is 1.25 bits per heavy atom. The standard InChI is InChI=1S/C30H30ClN5O4/c1-16-10-19(6-8-23(16)40-24(27(34)37)11-17(2)33)28(38)35-26-20-13-30(14-20,15-32)25-9-7-22(36(25)29(26)39)18-4-3-5-21(31)12-18/h3-6,8,10-12,20,22,25-26,33H,7,9,13-14H2,1-2H3,(H2,34,37)(H,35,38)/b24-11+,33-17?. The van der Waals surface area contributed by atoms with Gasteiger partial charge in [-0.1, -0.05) is 23.7 Å². The second-order valence-electron chi connectivity index (χ2n) is 10.9. The minimum absolute atomic E-state index is 0.102. The van der Waals surface area contributed by atoms with Crippen molar-refractivity contribution in [2.24, 2.45) is 17.1 Å². The van der Waals surface area contributed by atoms with Crippen LogP contribution in [0.25, 0.3) is 0 Å². The van der Waals surface area contributed by atoms with Crippen LogP contribution in [0.5, 0.6) is 5.75 Å². The predicted octanol–water partition coefficient (Wildman–Crippen LogP) is 4.20. The Bertz CT molecular complexity index is 1490. The van der Waals surface area contributed by atoms with Crippen molar-refractivity contribution < 1.29 is 19.1 Å². The zero-order valence-corrected chi connectivity index (χ0v) is 23.0. The molecule has 4 N–H and O–H groups in total. The lowest BCUT2D eigenvalue weighted by molar-refractivity contribution is -0.136. The molecule has 3 atom stereocenters. The van der Waals surface area contributed by atoms with Gasteiger partial charge in [0.2, 0.25) is 5.91 Å². The van der Waals surface area contributed by atoms with Crippen molar-refractivity contribution >= 4 is 35.0 Å². The van der Waals surface area contributed by atoms with Crippen molar-refractivity contribution in [3.8, 4) is 11.8 Å². The molecule has 3 unspecified atom stereocenters. The van der Waals surface area contributed by atoms with E-state index in [4.69, 9.17) is 27.5 Å². The van der Waals surface area contributed by atoms with E-state index in [0.29, 0.717) is 34.7 Å². The highest BCUT2D eigenvalue weighted by Gasteiger charge is 2.63. The van der Waals surface area contributed by atoms with Gasteiger partial charge in [0.15, 0.2) is 5.76 Å². The molecule has 1 aliphatic carbocycles. The summed E-state index contributed by atoms with van der Waals surface area (Å²) in [4.78, 5) is 41.0. The monoisotopic (exact) mass is 559 g/mol. The normalized spacial score (nSPS) is 27.1. The van der Waals surface area contributed by atoms with Crippen LogP contribution in [0.15, 0.2) is 54.3 Å². The number of halogens is 1. The molecule has 4 fully saturated rings. The third-order valence-corrected chi connectivity index (χ3v) is 8.49. The molecule has 40 heavy (non-hydrogen) atoms. The molecule has 2 aromatic rings. The summed E-state index contributed by atoms with van der Waals surface area (Å²) in [5, 5.41) is 21.3. The lowest BCUT2D eigenvalue weighted by Gasteiger charge is -2.46. The summed E-state index contributed by atoms with van der Waals surface area (Å²) in [5.41, 5.74) is 6.68. The number of amides is 3.